The van der Waals surface area contributed by atoms with Crippen LogP contribution in [-0.2, 0) is 11.3 Å². The second-order valence-corrected chi connectivity index (χ2v) is 5.75. The second kappa shape index (κ2) is 6.64. The molecule has 0 radical (unpaired) electrons. The zero-order valence-corrected chi connectivity index (χ0v) is 13.7. The van der Waals surface area contributed by atoms with Crippen molar-refractivity contribution in [2.45, 2.75) is 6.54 Å². The van der Waals surface area contributed by atoms with Gasteiger partial charge >= 0.3 is 0 Å². The van der Waals surface area contributed by atoms with Crippen LogP contribution in [-0.4, -0.2) is 26.3 Å². The Labute approximate surface area is 148 Å². The second-order valence-electron chi connectivity index (χ2n) is 5.75. The summed E-state index contributed by atoms with van der Waals surface area (Å²) in [5, 5.41) is 0.945. The van der Waals surface area contributed by atoms with Crippen molar-refractivity contribution < 1.29 is 9.59 Å². The lowest BCUT2D eigenvalue weighted by molar-refractivity contribution is -0.122. The van der Waals surface area contributed by atoms with Crippen molar-refractivity contribution in [2.75, 3.05) is 0 Å². The van der Waals surface area contributed by atoms with Gasteiger partial charge in [0.15, 0.2) is 0 Å². The summed E-state index contributed by atoms with van der Waals surface area (Å²) in [6, 6.07) is 18.5. The van der Waals surface area contributed by atoms with Crippen LogP contribution < -0.4 is 10.9 Å². The van der Waals surface area contributed by atoms with E-state index in [0.29, 0.717) is 0 Å². The van der Waals surface area contributed by atoms with Gasteiger partial charge in [-0.3, -0.25) is 20.4 Å². The van der Waals surface area contributed by atoms with Gasteiger partial charge in [0.05, 0.1) is 22.9 Å². The monoisotopic (exact) mass is 345 g/mol. The summed E-state index contributed by atoms with van der Waals surface area (Å²) >= 11 is 0. The van der Waals surface area contributed by atoms with Crippen LogP contribution in [0.5, 0.6) is 0 Å². The fourth-order valence-electron chi connectivity index (χ4n) is 2.71. The number of imidazole rings is 1. The maximum Gasteiger partial charge on any atom is 0.288 e. The summed E-state index contributed by atoms with van der Waals surface area (Å²) in [4.78, 5) is 32.8. The first-order chi connectivity index (χ1) is 12.7. The third kappa shape index (κ3) is 3.10. The van der Waals surface area contributed by atoms with Gasteiger partial charge in [-0.1, -0.05) is 36.4 Å². The number of para-hydroxylation sites is 3. The molecule has 7 heteroatoms. The Balaban J connectivity index is 1.41. The highest BCUT2D eigenvalue weighted by Gasteiger charge is 2.11. The molecule has 26 heavy (non-hydrogen) atoms. The van der Waals surface area contributed by atoms with E-state index in [9.17, 15) is 9.59 Å². The molecular weight excluding hydrogens is 330 g/mol. The van der Waals surface area contributed by atoms with Gasteiger partial charge in [0.2, 0.25) is 0 Å². The molecule has 0 bridgehead atoms. The van der Waals surface area contributed by atoms with Crippen LogP contribution in [0, 0.1) is 0 Å². The van der Waals surface area contributed by atoms with Crippen molar-refractivity contribution in [3.8, 4) is 0 Å². The lowest BCUT2D eigenvalue weighted by Crippen LogP contribution is -2.43. The molecule has 2 N–H and O–H groups in total. The van der Waals surface area contributed by atoms with Crippen LogP contribution in [0.2, 0.25) is 0 Å². The van der Waals surface area contributed by atoms with Crippen LogP contribution in [0.3, 0.4) is 0 Å². The fraction of sp³-hybridized carbons (Fsp3) is 0.0526. The van der Waals surface area contributed by atoms with E-state index >= 15 is 0 Å². The topological polar surface area (TPSA) is 88.9 Å². The summed E-state index contributed by atoms with van der Waals surface area (Å²) in [7, 11) is 0. The zero-order valence-electron chi connectivity index (χ0n) is 13.7. The van der Waals surface area contributed by atoms with Crippen molar-refractivity contribution in [3.05, 3.63) is 72.7 Å². The number of carbonyl (C=O) groups excluding carboxylic acids is 2. The van der Waals surface area contributed by atoms with Crippen LogP contribution in [0.4, 0.5) is 0 Å². The Bertz CT molecular complexity index is 1120. The number of amides is 2. The SMILES string of the molecule is O=C(Cn1cnc2ccccc21)NNC(=O)c1ccc2ccccc2n1. The molecule has 0 unspecified atom stereocenters. The lowest BCUT2D eigenvalue weighted by atomic mass is 10.2. The molecule has 2 heterocycles. The minimum absolute atomic E-state index is 0.0476. The van der Waals surface area contributed by atoms with E-state index in [1.165, 1.54) is 0 Å². The predicted octanol–water partition coefficient (Wildman–Crippen LogP) is 2.05. The molecule has 4 aromatic rings. The van der Waals surface area contributed by atoms with E-state index in [2.05, 4.69) is 20.8 Å². The van der Waals surface area contributed by atoms with E-state index in [1.54, 1.807) is 17.0 Å². The highest BCUT2D eigenvalue weighted by molar-refractivity contribution is 5.96. The van der Waals surface area contributed by atoms with Gasteiger partial charge in [0.1, 0.15) is 12.2 Å². The zero-order chi connectivity index (χ0) is 17.9. The number of hydrogen-bond donors (Lipinski definition) is 2. The van der Waals surface area contributed by atoms with Crippen molar-refractivity contribution >= 4 is 33.8 Å². The first-order valence-electron chi connectivity index (χ1n) is 8.05. The Morgan fingerprint density at radius 1 is 0.885 bits per heavy atom. The Morgan fingerprint density at radius 2 is 1.65 bits per heavy atom. The van der Waals surface area contributed by atoms with Gasteiger partial charge < -0.3 is 4.57 Å². The molecule has 0 fully saturated rings. The molecule has 0 saturated carbocycles. The third-order valence-electron chi connectivity index (χ3n) is 3.99. The number of fused-ring (bicyclic) bond motifs is 2. The maximum absolute atomic E-state index is 12.2. The van der Waals surface area contributed by atoms with E-state index in [0.717, 1.165) is 21.9 Å². The van der Waals surface area contributed by atoms with Gasteiger partial charge in [0, 0.05) is 5.39 Å². The quantitative estimate of drug-likeness (QED) is 0.556. The summed E-state index contributed by atoms with van der Waals surface area (Å²) in [6.45, 7) is 0.0476. The average Bonchev–Trinajstić information content (AvgIpc) is 3.08. The van der Waals surface area contributed by atoms with Crippen LogP contribution in [0.25, 0.3) is 21.9 Å². The summed E-state index contributed by atoms with van der Waals surface area (Å²) in [5.74, 6) is -0.832. The predicted molar refractivity (Wildman–Crippen MR) is 97.1 cm³/mol. The Morgan fingerprint density at radius 3 is 2.54 bits per heavy atom. The molecule has 0 aliphatic heterocycles. The number of nitrogens with one attached hydrogen (secondary N) is 2. The molecule has 4 rings (SSSR count). The first kappa shape index (κ1) is 15.8. The van der Waals surface area contributed by atoms with Gasteiger partial charge in [-0.2, -0.15) is 0 Å². The van der Waals surface area contributed by atoms with Crippen molar-refractivity contribution in [1.29, 1.82) is 0 Å². The summed E-state index contributed by atoms with van der Waals surface area (Å²) in [5.41, 5.74) is 7.41. The highest BCUT2D eigenvalue weighted by atomic mass is 16.2. The van der Waals surface area contributed by atoms with Crippen LogP contribution in [0.15, 0.2) is 67.0 Å². The largest absolute Gasteiger partial charge is 0.321 e. The number of nitrogens with zero attached hydrogens (tertiary/aromatic N) is 3. The smallest absolute Gasteiger partial charge is 0.288 e. The van der Waals surface area contributed by atoms with Gasteiger partial charge in [-0.15, -0.1) is 0 Å². The Hall–Kier alpha value is -3.74. The van der Waals surface area contributed by atoms with E-state index in [1.807, 2.05) is 54.6 Å². The number of carbonyl (C=O) groups is 2. The molecule has 0 aliphatic rings. The number of aromatic nitrogens is 3. The molecule has 0 saturated heterocycles. The van der Waals surface area contributed by atoms with E-state index in [-0.39, 0.29) is 18.1 Å². The number of rotatable bonds is 3. The number of hydrogen-bond acceptors (Lipinski definition) is 4. The molecule has 0 aliphatic carbocycles. The van der Waals surface area contributed by atoms with Gasteiger partial charge in [-0.25, -0.2) is 9.97 Å². The molecular formula is C19H15N5O2. The Kier molecular flexibility index (Phi) is 4.03. The van der Waals surface area contributed by atoms with Crippen LogP contribution in [0.1, 0.15) is 10.5 Å². The molecule has 0 spiro atoms. The number of hydrazine groups is 1. The summed E-state index contributed by atoms with van der Waals surface area (Å²) in [6.07, 6.45) is 1.59. The standard InChI is InChI=1S/C19H15N5O2/c25-18(11-24-12-20-15-7-3-4-8-17(15)24)22-23-19(26)16-10-9-13-5-1-2-6-14(13)21-16/h1-10,12H,11H2,(H,22,25)(H,23,26). The number of benzene rings is 2. The molecule has 2 aromatic heterocycles. The minimum atomic E-state index is -0.473. The van der Waals surface area contributed by atoms with E-state index in [4.69, 9.17) is 0 Å². The van der Waals surface area contributed by atoms with E-state index < -0.39 is 5.91 Å². The first-order valence-corrected chi connectivity index (χ1v) is 8.05. The van der Waals surface area contributed by atoms with Gasteiger partial charge in [-0.05, 0) is 24.3 Å². The third-order valence-corrected chi connectivity index (χ3v) is 3.99. The maximum atomic E-state index is 12.2. The van der Waals surface area contributed by atoms with Gasteiger partial charge in [0.25, 0.3) is 11.8 Å². The highest BCUT2D eigenvalue weighted by Crippen LogP contribution is 2.12. The van der Waals surface area contributed by atoms with Crippen molar-refractivity contribution in [1.82, 2.24) is 25.4 Å². The average molecular weight is 345 g/mol. The minimum Gasteiger partial charge on any atom is -0.321 e. The van der Waals surface area contributed by atoms with Crippen molar-refractivity contribution in [2.24, 2.45) is 0 Å². The fourth-order valence-corrected chi connectivity index (χ4v) is 2.71. The number of pyridine rings is 1. The normalized spacial score (nSPS) is 10.8. The van der Waals surface area contributed by atoms with Crippen molar-refractivity contribution in [3.63, 3.8) is 0 Å². The molecule has 0 atom stereocenters. The molecule has 7 nitrogen and oxygen atoms in total. The molecule has 128 valence electrons. The summed E-state index contributed by atoms with van der Waals surface area (Å²) < 4.78 is 1.71. The van der Waals surface area contributed by atoms with Crippen LogP contribution >= 0.6 is 0 Å². The molecule has 2 amide bonds. The molecule has 2 aromatic carbocycles. The lowest BCUT2D eigenvalue weighted by Gasteiger charge is -2.08.